The molecule has 0 atom stereocenters. The Morgan fingerprint density at radius 1 is 0.970 bits per heavy atom. The third-order valence-corrected chi connectivity index (χ3v) is 6.74. The fourth-order valence-corrected chi connectivity index (χ4v) is 4.62. The minimum absolute atomic E-state index is 0.112. The summed E-state index contributed by atoms with van der Waals surface area (Å²) in [6, 6.07) is 20.5. The zero-order valence-electron chi connectivity index (χ0n) is 18.9. The van der Waals surface area contributed by atoms with Crippen LogP contribution in [0, 0.1) is 6.92 Å². The lowest BCUT2D eigenvalue weighted by molar-refractivity contribution is -0.119. The molecule has 0 heterocycles. The Labute approximate surface area is 195 Å². The predicted molar refractivity (Wildman–Crippen MR) is 128 cm³/mol. The number of methoxy groups -OCH3 is 1. The molecule has 3 aromatic rings. The molecular formula is C25H28N2O5S. The zero-order chi connectivity index (χ0) is 23.8. The Bertz CT molecular complexity index is 1180. The number of benzene rings is 3. The van der Waals surface area contributed by atoms with Crippen LogP contribution in [0.4, 0.5) is 5.69 Å². The van der Waals surface area contributed by atoms with E-state index in [-0.39, 0.29) is 18.0 Å². The van der Waals surface area contributed by atoms with E-state index < -0.39 is 15.9 Å². The van der Waals surface area contributed by atoms with E-state index in [2.05, 4.69) is 5.32 Å². The molecule has 0 aliphatic carbocycles. The summed E-state index contributed by atoms with van der Waals surface area (Å²) in [5.41, 5.74) is 2.16. The quantitative estimate of drug-likeness (QED) is 0.488. The van der Waals surface area contributed by atoms with E-state index in [0.717, 1.165) is 15.4 Å². The normalized spacial score (nSPS) is 11.0. The van der Waals surface area contributed by atoms with Crippen LogP contribution in [0.15, 0.2) is 77.7 Å². The molecule has 0 saturated heterocycles. The molecule has 0 aliphatic heterocycles. The Balaban J connectivity index is 1.82. The number of aryl methyl sites for hydroxylation is 1. The third-order valence-electron chi connectivity index (χ3n) is 4.96. The lowest BCUT2D eigenvalue weighted by Gasteiger charge is -2.24. The van der Waals surface area contributed by atoms with Gasteiger partial charge in [-0.2, -0.15) is 0 Å². The first-order chi connectivity index (χ1) is 15.8. The zero-order valence-corrected chi connectivity index (χ0v) is 19.8. The highest BCUT2D eigenvalue weighted by Crippen LogP contribution is 2.26. The minimum Gasteiger partial charge on any atom is -0.497 e. The number of carbonyl (C=O) groups is 1. The van der Waals surface area contributed by atoms with Gasteiger partial charge in [0.2, 0.25) is 5.91 Å². The van der Waals surface area contributed by atoms with Crippen LogP contribution in [0.5, 0.6) is 11.5 Å². The van der Waals surface area contributed by atoms with Gasteiger partial charge in [-0.25, -0.2) is 8.42 Å². The van der Waals surface area contributed by atoms with Crippen molar-refractivity contribution in [2.45, 2.75) is 25.3 Å². The third kappa shape index (κ3) is 6.26. The first-order valence-corrected chi connectivity index (χ1v) is 12.0. The largest absolute Gasteiger partial charge is 0.497 e. The lowest BCUT2D eigenvalue weighted by Crippen LogP contribution is -2.40. The van der Waals surface area contributed by atoms with Gasteiger partial charge in [-0.1, -0.05) is 29.8 Å². The molecular weight excluding hydrogens is 440 g/mol. The van der Waals surface area contributed by atoms with Gasteiger partial charge in [0.25, 0.3) is 10.0 Å². The number of carbonyl (C=O) groups excluding carboxylic acids is 1. The van der Waals surface area contributed by atoms with Crippen molar-refractivity contribution in [1.82, 2.24) is 5.32 Å². The lowest BCUT2D eigenvalue weighted by atomic mass is 10.2. The Hall–Kier alpha value is -3.52. The minimum atomic E-state index is -3.97. The van der Waals surface area contributed by atoms with E-state index in [1.807, 2.05) is 38.1 Å². The average molecular weight is 469 g/mol. The maximum absolute atomic E-state index is 13.4. The maximum Gasteiger partial charge on any atom is 0.264 e. The van der Waals surface area contributed by atoms with Crippen LogP contribution < -0.4 is 19.1 Å². The summed E-state index contributed by atoms with van der Waals surface area (Å²) in [5, 5.41) is 2.80. The second kappa shape index (κ2) is 10.9. The van der Waals surface area contributed by atoms with E-state index >= 15 is 0 Å². The SMILES string of the molecule is CCOc1cccc(CNC(=O)CN(c2ccc(OC)cc2)S(=O)(=O)c2ccc(C)cc2)c1. The topological polar surface area (TPSA) is 84.9 Å². The van der Waals surface area contributed by atoms with Gasteiger partial charge in [-0.05, 0) is 67.9 Å². The number of anilines is 1. The van der Waals surface area contributed by atoms with E-state index in [1.54, 1.807) is 48.5 Å². The molecule has 8 heteroatoms. The van der Waals surface area contributed by atoms with Crippen LogP contribution in [0.1, 0.15) is 18.1 Å². The highest BCUT2D eigenvalue weighted by atomic mass is 32.2. The highest BCUT2D eigenvalue weighted by molar-refractivity contribution is 7.92. The fourth-order valence-electron chi connectivity index (χ4n) is 3.20. The van der Waals surface area contributed by atoms with Crippen molar-refractivity contribution in [1.29, 1.82) is 0 Å². The van der Waals surface area contributed by atoms with Crippen LogP contribution in [-0.2, 0) is 21.4 Å². The average Bonchev–Trinajstić information content (AvgIpc) is 2.82. The standard InChI is InChI=1S/C25H28N2O5S/c1-4-32-23-7-5-6-20(16-23)17-26-25(28)18-27(21-10-12-22(31-3)13-11-21)33(29,30)24-14-8-19(2)9-15-24/h5-16H,4,17-18H2,1-3H3,(H,26,28). The van der Waals surface area contributed by atoms with Crippen molar-refractivity contribution in [3.05, 3.63) is 83.9 Å². The maximum atomic E-state index is 13.4. The van der Waals surface area contributed by atoms with Crippen LogP contribution in [0.2, 0.25) is 0 Å². The molecule has 0 radical (unpaired) electrons. The summed E-state index contributed by atoms with van der Waals surface area (Å²) in [7, 11) is -2.44. The molecule has 3 rings (SSSR count). The van der Waals surface area contributed by atoms with Gasteiger partial charge in [0.1, 0.15) is 18.0 Å². The fraction of sp³-hybridized carbons (Fsp3) is 0.240. The summed E-state index contributed by atoms with van der Waals surface area (Å²) >= 11 is 0. The van der Waals surface area contributed by atoms with E-state index in [0.29, 0.717) is 23.8 Å². The number of hydrogen-bond acceptors (Lipinski definition) is 5. The van der Waals surface area contributed by atoms with Crippen molar-refractivity contribution in [3.8, 4) is 11.5 Å². The van der Waals surface area contributed by atoms with Crippen molar-refractivity contribution in [2.75, 3.05) is 24.6 Å². The molecule has 0 unspecified atom stereocenters. The molecule has 0 saturated carbocycles. The van der Waals surface area contributed by atoms with Crippen molar-refractivity contribution < 1.29 is 22.7 Å². The van der Waals surface area contributed by atoms with E-state index in [1.165, 1.54) is 7.11 Å². The van der Waals surface area contributed by atoms with Crippen molar-refractivity contribution in [3.63, 3.8) is 0 Å². The first kappa shape index (κ1) is 24.1. The molecule has 33 heavy (non-hydrogen) atoms. The Kier molecular flexibility index (Phi) is 7.95. The van der Waals surface area contributed by atoms with Gasteiger partial charge in [0, 0.05) is 6.54 Å². The summed E-state index contributed by atoms with van der Waals surface area (Å²) in [5.74, 6) is 0.874. The second-order valence-electron chi connectivity index (χ2n) is 7.38. The van der Waals surface area contributed by atoms with Crippen LogP contribution in [-0.4, -0.2) is 34.6 Å². The smallest absolute Gasteiger partial charge is 0.264 e. The van der Waals surface area contributed by atoms with Crippen molar-refractivity contribution in [2.24, 2.45) is 0 Å². The van der Waals surface area contributed by atoms with Gasteiger partial charge in [-0.3, -0.25) is 9.10 Å². The highest BCUT2D eigenvalue weighted by Gasteiger charge is 2.27. The second-order valence-corrected chi connectivity index (χ2v) is 9.24. The number of nitrogens with one attached hydrogen (secondary N) is 1. The van der Waals surface area contributed by atoms with Crippen LogP contribution in [0.25, 0.3) is 0 Å². The molecule has 1 amide bonds. The number of ether oxygens (including phenoxy) is 2. The number of hydrogen-bond donors (Lipinski definition) is 1. The Morgan fingerprint density at radius 2 is 1.67 bits per heavy atom. The summed E-state index contributed by atoms with van der Waals surface area (Å²) in [6.45, 7) is 4.21. The van der Waals surface area contributed by atoms with Gasteiger partial charge in [0.05, 0.1) is 24.3 Å². The number of sulfonamides is 1. The predicted octanol–water partition coefficient (Wildman–Crippen LogP) is 3.91. The molecule has 0 aromatic heterocycles. The molecule has 174 valence electrons. The molecule has 0 aliphatic rings. The van der Waals surface area contributed by atoms with Gasteiger partial charge in [0.15, 0.2) is 0 Å². The van der Waals surface area contributed by atoms with Crippen LogP contribution in [0.3, 0.4) is 0 Å². The van der Waals surface area contributed by atoms with Gasteiger partial charge < -0.3 is 14.8 Å². The molecule has 3 aromatic carbocycles. The molecule has 1 N–H and O–H groups in total. The monoisotopic (exact) mass is 468 g/mol. The van der Waals surface area contributed by atoms with Gasteiger partial charge >= 0.3 is 0 Å². The first-order valence-electron chi connectivity index (χ1n) is 10.6. The van der Waals surface area contributed by atoms with Gasteiger partial charge in [-0.15, -0.1) is 0 Å². The Morgan fingerprint density at radius 3 is 2.30 bits per heavy atom. The number of rotatable bonds is 10. The molecule has 0 spiro atoms. The molecule has 0 bridgehead atoms. The van der Waals surface area contributed by atoms with Crippen LogP contribution >= 0.6 is 0 Å². The molecule has 0 fully saturated rings. The summed E-state index contributed by atoms with van der Waals surface area (Å²) in [6.07, 6.45) is 0. The van der Waals surface area contributed by atoms with E-state index in [9.17, 15) is 13.2 Å². The summed E-state index contributed by atoms with van der Waals surface area (Å²) < 4.78 is 38.6. The van der Waals surface area contributed by atoms with Crippen molar-refractivity contribution >= 4 is 21.6 Å². The number of amides is 1. The number of nitrogens with zero attached hydrogens (tertiary/aromatic N) is 1. The summed E-state index contributed by atoms with van der Waals surface area (Å²) in [4.78, 5) is 12.9. The van der Waals surface area contributed by atoms with E-state index in [4.69, 9.17) is 9.47 Å². The molecule has 7 nitrogen and oxygen atoms in total.